The third-order valence-corrected chi connectivity index (χ3v) is 4.62. The van der Waals surface area contributed by atoms with Crippen molar-refractivity contribution in [2.75, 3.05) is 34.5 Å². The molecule has 0 saturated carbocycles. The van der Waals surface area contributed by atoms with Gasteiger partial charge in [0.1, 0.15) is 5.75 Å². The maximum absolute atomic E-state index is 12.2. The first-order chi connectivity index (χ1) is 14.1. The van der Waals surface area contributed by atoms with Gasteiger partial charge in [-0.1, -0.05) is 12.1 Å². The van der Waals surface area contributed by atoms with Crippen LogP contribution in [0.3, 0.4) is 0 Å². The largest absolute Gasteiger partial charge is 0.497 e. The molecule has 0 aliphatic carbocycles. The Kier molecular flexibility index (Phi) is 9.31. The highest BCUT2D eigenvalue weighted by Crippen LogP contribution is 2.27. The summed E-state index contributed by atoms with van der Waals surface area (Å²) in [5.74, 6) is 1.61. The second-order valence-electron chi connectivity index (χ2n) is 6.82. The number of carbonyl (C=O) groups excluding carboxylic acids is 1. The Bertz CT molecular complexity index is 760. The number of ether oxygens (including phenoxy) is 4. The van der Waals surface area contributed by atoms with Crippen LogP contribution < -0.4 is 19.5 Å². The summed E-state index contributed by atoms with van der Waals surface area (Å²) in [5, 5.41) is 3.51. The van der Waals surface area contributed by atoms with E-state index >= 15 is 0 Å². The molecule has 6 nitrogen and oxygen atoms in total. The standard InChI is InChI=1S/C23H31NO5/c1-17(15-18-7-10-20(26-2)11-8-18)24-13-5-6-14-29-23(25)19-9-12-21(27-3)22(16-19)28-4/h7-12,16-17,24H,5-6,13-15H2,1-4H3. The predicted molar refractivity (Wildman–Crippen MR) is 113 cm³/mol. The number of hydrogen-bond donors (Lipinski definition) is 1. The lowest BCUT2D eigenvalue weighted by Crippen LogP contribution is -2.29. The summed E-state index contributed by atoms with van der Waals surface area (Å²) in [7, 11) is 4.77. The minimum absolute atomic E-state index is 0.355. The average molecular weight is 402 g/mol. The predicted octanol–water partition coefficient (Wildman–Crippen LogP) is 3.87. The quantitative estimate of drug-likeness (QED) is 0.430. The third kappa shape index (κ3) is 7.31. The van der Waals surface area contributed by atoms with Crippen molar-refractivity contribution in [1.82, 2.24) is 5.32 Å². The van der Waals surface area contributed by atoms with Crippen LogP contribution in [0.5, 0.6) is 17.2 Å². The van der Waals surface area contributed by atoms with Gasteiger partial charge in [-0.2, -0.15) is 0 Å². The minimum Gasteiger partial charge on any atom is -0.497 e. The summed E-state index contributed by atoms with van der Waals surface area (Å²) in [6.07, 6.45) is 2.70. The van der Waals surface area contributed by atoms with Gasteiger partial charge < -0.3 is 24.3 Å². The van der Waals surface area contributed by atoms with Crippen molar-refractivity contribution in [3.8, 4) is 17.2 Å². The number of hydrogen-bond acceptors (Lipinski definition) is 6. The molecular formula is C23H31NO5. The van der Waals surface area contributed by atoms with Crippen LogP contribution in [-0.2, 0) is 11.2 Å². The summed E-state index contributed by atoms with van der Waals surface area (Å²) in [5.41, 5.74) is 1.73. The molecule has 0 heterocycles. The van der Waals surface area contributed by atoms with E-state index < -0.39 is 0 Å². The summed E-state index contributed by atoms with van der Waals surface area (Å²) in [6.45, 7) is 3.44. The van der Waals surface area contributed by atoms with E-state index in [1.54, 1.807) is 32.4 Å². The molecule has 6 heteroatoms. The summed E-state index contributed by atoms with van der Waals surface area (Å²) in [4.78, 5) is 12.2. The molecular weight excluding hydrogens is 370 g/mol. The van der Waals surface area contributed by atoms with Crippen LogP contribution in [-0.4, -0.2) is 46.5 Å². The zero-order chi connectivity index (χ0) is 21.1. The van der Waals surface area contributed by atoms with E-state index in [0.29, 0.717) is 29.7 Å². The Balaban J connectivity index is 1.63. The van der Waals surface area contributed by atoms with Crippen LogP contribution in [0.25, 0.3) is 0 Å². The second kappa shape index (κ2) is 12.0. The molecule has 1 N–H and O–H groups in total. The molecule has 0 fully saturated rings. The fourth-order valence-corrected chi connectivity index (χ4v) is 2.97. The molecule has 2 aromatic carbocycles. The first kappa shape index (κ1) is 22.6. The highest BCUT2D eigenvalue weighted by atomic mass is 16.5. The van der Waals surface area contributed by atoms with Crippen molar-refractivity contribution < 1.29 is 23.7 Å². The smallest absolute Gasteiger partial charge is 0.338 e. The topological polar surface area (TPSA) is 66.0 Å². The Morgan fingerprint density at radius 2 is 1.66 bits per heavy atom. The summed E-state index contributed by atoms with van der Waals surface area (Å²) < 4.78 is 20.9. The maximum Gasteiger partial charge on any atom is 0.338 e. The number of carbonyl (C=O) groups is 1. The van der Waals surface area contributed by atoms with Crippen molar-refractivity contribution in [3.63, 3.8) is 0 Å². The van der Waals surface area contributed by atoms with Gasteiger partial charge in [0.15, 0.2) is 11.5 Å². The summed E-state index contributed by atoms with van der Waals surface area (Å²) in [6, 6.07) is 13.5. The number of benzene rings is 2. The maximum atomic E-state index is 12.2. The van der Waals surface area contributed by atoms with Crippen LogP contribution in [0, 0.1) is 0 Å². The summed E-state index contributed by atoms with van der Waals surface area (Å²) >= 11 is 0. The molecule has 0 amide bonds. The molecule has 29 heavy (non-hydrogen) atoms. The minimum atomic E-state index is -0.355. The molecule has 0 aromatic heterocycles. The van der Waals surface area contributed by atoms with Crippen LogP contribution in [0.4, 0.5) is 0 Å². The zero-order valence-electron chi connectivity index (χ0n) is 17.7. The molecule has 2 rings (SSSR count). The van der Waals surface area contributed by atoms with Gasteiger partial charge in [-0.05, 0) is 68.6 Å². The average Bonchev–Trinajstić information content (AvgIpc) is 2.75. The van der Waals surface area contributed by atoms with Crippen LogP contribution in [0.1, 0.15) is 35.7 Å². The molecule has 1 atom stereocenters. The van der Waals surface area contributed by atoms with E-state index in [1.807, 2.05) is 12.1 Å². The number of methoxy groups -OCH3 is 3. The molecule has 0 bridgehead atoms. The van der Waals surface area contributed by atoms with Crippen LogP contribution >= 0.6 is 0 Å². The van der Waals surface area contributed by atoms with E-state index in [4.69, 9.17) is 18.9 Å². The monoisotopic (exact) mass is 401 g/mol. The number of esters is 1. The van der Waals surface area contributed by atoms with Crippen molar-refractivity contribution in [1.29, 1.82) is 0 Å². The first-order valence-corrected chi connectivity index (χ1v) is 9.82. The van der Waals surface area contributed by atoms with Crippen molar-refractivity contribution in [2.45, 2.75) is 32.2 Å². The number of nitrogens with one attached hydrogen (secondary N) is 1. The molecule has 0 saturated heterocycles. The van der Waals surface area contributed by atoms with Crippen LogP contribution in [0.2, 0.25) is 0 Å². The number of unbranched alkanes of at least 4 members (excludes halogenated alkanes) is 1. The van der Waals surface area contributed by atoms with Gasteiger partial charge in [-0.3, -0.25) is 0 Å². The lowest BCUT2D eigenvalue weighted by Gasteiger charge is -2.14. The van der Waals surface area contributed by atoms with Crippen molar-refractivity contribution in [2.24, 2.45) is 0 Å². The Hall–Kier alpha value is -2.73. The fourth-order valence-electron chi connectivity index (χ4n) is 2.97. The second-order valence-corrected chi connectivity index (χ2v) is 6.82. The fraction of sp³-hybridized carbons (Fsp3) is 0.435. The van der Waals surface area contributed by atoms with Crippen LogP contribution in [0.15, 0.2) is 42.5 Å². The van der Waals surface area contributed by atoms with E-state index in [2.05, 4.69) is 24.4 Å². The highest BCUT2D eigenvalue weighted by Gasteiger charge is 2.11. The highest BCUT2D eigenvalue weighted by molar-refractivity contribution is 5.90. The van der Waals surface area contributed by atoms with E-state index in [0.717, 1.165) is 31.6 Å². The van der Waals surface area contributed by atoms with Gasteiger partial charge in [-0.25, -0.2) is 4.79 Å². The molecule has 2 aromatic rings. The SMILES string of the molecule is COc1ccc(CC(C)NCCCCOC(=O)c2ccc(OC)c(OC)c2)cc1. The first-order valence-electron chi connectivity index (χ1n) is 9.82. The molecule has 1 unspecified atom stereocenters. The van der Waals surface area contributed by atoms with Gasteiger partial charge in [0, 0.05) is 6.04 Å². The molecule has 0 spiro atoms. The molecule has 0 radical (unpaired) electrons. The van der Waals surface area contributed by atoms with Gasteiger partial charge in [0.05, 0.1) is 33.5 Å². The third-order valence-electron chi connectivity index (χ3n) is 4.62. The van der Waals surface area contributed by atoms with Crippen molar-refractivity contribution >= 4 is 5.97 Å². The van der Waals surface area contributed by atoms with E-state index in [-0.39, 0.29) is 5.97 Å². The Morgan fingerprint density at radius 1 is 0.931 bits per heavy atom. The molecule has 158 valence electrons. The Labute approximate surface area is 173 Å². The van der Waals surface area contributed by atoms with Crippen molar-refractivity contribution in [3.05, 3.63) is 53.6 Å². The van der Waals surface area contributed by atoms with E-state index in [9.17, 15) is 4.79 Å². The number of rotatable bonds is 12. The van der Waals surface area contributed by atoms with Gasteiger partial charge in [0.25, 0.3) is 0 Å². The lowest BCUT2D eigenvalue weighted by atomic mass is 10.1. The van der Waals surface area contributed by atoms with Gasteiger partial charge >= 0.3 is 5.97 Å². The lowest BCUT2D eigenvalue weighted by molar-refractivity contribution is 0.0497. The van der Waals surface area contributed by atoms with E-state index in [1.165, 1.54) is 12.7 Å². The van der Waals surface area contributed by atoms with Gasteiger partial charge in [0.2, 0.25) is 0 Å². The zero-order valence-corrected chi connectivity index (χ0v) is 17.7. The Morgan fingerprint density at radius 3 is 2.31 bits per heavy atom. The molecule has 0 aliphatic rings. The molecule has 0 aliphatic heterocycles. The normalized spacial score (nSPS) is 11.6. The van der Waals surface area contributed by atoms with Gasteiger partial charge in [-0.15, -0.1) is 0 Å².